The van der Waals surface area contributed by atoms with Crippen LogP contribution in [0, 0.1) is 18.3 Å². The highest BCUT2D eigenvalue weighted by Gasteiger charge is 2.19. The smallest absolute Gasteiger partial charge is 0.335 e. The number of nitriles is 1. The Balaban J connectivity index is 1.74. The predicted molar refractivity (Wildman–Crippen MR) is 130 cm³/mol. The first-order chi connectivity index (χ1) is 16.7. The van der Waals surface area contributed by atoms with Gasteiger partial charge in [-0.3, -0.25) is 9.59 Å². The molecule has 0 unspecified atom stereocenters. The van der Waals surface area contributed by atoms with E-state index in [1.54, 1.807) is 19.1 Å². The van der Waals surface area contributed by atoms with E-state index < -0.39 is 17.4 Å². The lowest BCUT2D eigenvalue weighted by molar-refractivity contribution is -0.121. The normalized spacial score (nSPS) is 10.9. The van der Waals surface area contributed by atoms with Gasteiger partial charge in [0.1, 0.15) is 29.7 Å². The fourth-order valence-electron chi connectivity index (χ4n) is 3.21. The minimum absolute atomic E-state index is 0.0512. The van der Waals surface area contributed by atoms with Gasteiger partial charge in [-0.15, -0.1) is 0 Å². The van der Waals surface area contributed by atoms with Crippen molar-refractivity contribution in [2.75, 3.05) is 7.11 Å². The van der Waals surface area contributed by atoms with Crippen LogP contribution in [0.3, 0.4) is 0 Å². The highest BCUT2D eigenvalue weighted by atomic mass is 79.9. The lowest BCUT2D eigenvalue weighted by Gasteiger charge is -2.15. The van der Waals surface area contributed by atoms with Crippen molar-refractivity contribution in [3.05, 3.63) is 78.3 Å². The fourth-order valence-corrected chi connectivity index (χ4v) is 3.95. The van der Waals surface area contributed by atoms with E-state index in [1.165, 1.54) is 31.5 Å². The van der Waals surface area contributed by atoms with Crippen molar-refractivity contribution in [3.63, 3.8) is 0 Å². The monoisotopic (exact) mass is 560 g/mol. The molecule has 0 radical (unpaired) electrons. The Labute approximate surface area is 212 Å². The number of aromatic carboxylic acids is 1. The zero-order valence-corrected chi connectivity index (χ0v) is 20.8. The van der Waals surface area contributed by atoms with Crippen molar-refractivity contribution in [3.8, 4) is 17.4 Å². The van der Waals surface area contributed by atoms with Crippen LogP contribution in [0.5, 0.6) is 0 Å². The summed E-state index contributed by atoms with van der Waals surface area (Å²) in [7, 11) is 1.45. The molecule has 0 fully saturated rings. The van der Waals surface area contributed by atoms with Crippen molar-refractivity contribution in [1.29, 1.82) is 5.26 Å². The summed E-state index contributed by atoms with van der Waals surface area (Å²) in [5.74, 6) is -1.12. The molecule has 3 aromatic rings. The second kappa shape index (κ2) is 11.1. The van der Waals surface area contributed by atoms with Crippen LogP contribution in [-0.2, 0) is 22.7 Å². The van der Waals surface area contributed by atoms with E-state index in [4.69, 9.17) is 25.9 Å². The lowest BCUT2D eigenvalue weighted by Crippen LogP contribution is -2.33. The van der Waals surface area contributed by atoms with Crippen LogP contribution in [0.4, 0.5) is 0 Å². The third-order valence-electron chi connectivity index (χ3n) is 4.94. The minimum atomic E-state index is -1.10. The first-order valence-corrected chi connectivity index (χ1v) is 11.1. The quantitative estimate of drug-likeness (QED) is 0.315. The van der Waals surface area contributed by atoms with Gasteiger partial charge < -0.3 is 18.8 Å². The molecular weight excluding hydrogens is 544 g/mol. The van der Waals surface area contributed by atoms with E-state index in [2.05, 4.69) is 26.5 Å². The molecule has 35 heavy (non-hydrogen) atoms. The number of aromatic nitrogens is 1. The van der Waals surface area contributed by atoms with Crippen molar-refractivity contribution in [2.45, 2.75) is 20.1 Å². The van der Waals surface area contributed by atoms with Gasteiger partial charge in [0.2, 0.25) is 0 Å². The number of hydrazone groups is 1. The van der Waals surface area contributed by atoms with Gasteiger partial charge >= 0.3 is 5.97 Å². The van der Waals surface area contributed by atoms with Crippen molar-refractivity contribution in [1.82, 2.24) is 9.99 Å². The second-order valence-corrected chi connectivity index (χ2v) is 8.38. The third-order valence-corrected chi connectivity index (χ3v) is 6.32. The molecule has 2 heterocycles. The molecule has 0 spiro atoms. The Morgan fingerprint density at radius 2 is 2.11 bits per heavy atom. The molecule has 0 aliphatic heterocycles. The molecular formula is C23H18BrClN4O6. The van der Waals surface area contributed by atoms with E-state index in [1.807, 2.05) is 6.07 Å². The van der Waals surface area contributed by atoms with E-state index in [0.29, 0.717) is 32.1 Å². The largest absolute Gasteiger partial charge is 0.478 e. The summed E-state index contributed by atoms with van der Waals surface area (Å²) in [6, 6.07) is 9.24. The SMILES string of the molecule is COCc1c(Br)c(C)n(CC(=O)N/N=C/c2ccc(-c3cc(C(=O)O)ccc3Cl)o2)c(=O)c1C#N. The Kier molecular flexibility index (Phi) is 8.24. The number of methoxy groups -OCH3 is 1. The first kappa shape index (κ1) is 25.9. The zero-order chi connectivity index (χ0) is 25.7. The Bertz CT molecular complexity index is 1440. The molecule has 0 aliphatic carbocycles. The van der Waals surface area contributed by atoms with Gasteiger partial charge in [0, 0.05) is 28.4 Å². The third kappa shape index (κ3) is 5.68. The number of carbonyl (C=O) groups excluding carboxylic acids is 1. The Hall–Kier alpha value is -3.72. The van der Waals surface area contributed by atoms with Crippen LogP contribution in [0.25, 0.3) is 11.3 Å². The molecule has 10 nitrogen and oxygen atoms in total. The van der Waals surface area contributed by atoms with Gasteiger partial charge in [-0.25, -0.2) is 10.2 Å². The number of pyridine rings is 1. The predicted octanol–water partition coefficient (Wildman–Crippen LogP) is 3.70. The average molecular weight is 562 g/mol. The molecule has 0 saturated carbocycles. The van der Waals surface area contributed by atoms with Crippen LogP contribution < -0.4 is 11.0 Å². The fraction of sp³-hybridized carbons (Fsp3) is 0.174. The highest BCUT2D eigenvalue weighted by molar-refractivity contribution is 9.10. The molecule has 12 heteroatoms. The van der Waals surface area contributed by atoms with E-state index in [0.717, 1.165) is 4.57 Å². The Morgan fingerprint density at radius 1 is 1.37 bits per heavy atom. The summed E-state index contributed by atoms with van der Waals surface area (Å²) < 4.78 is 12.3. The van der Waals surface area contributed by atoms with Crippen LogP contribution in [0.15, 0.2) is 49.1 Å². The standard InChI is InChI=1S/C23H18BrClN4O6/c1-12-21(24)17(11-34-2)16(8-26)22(31)29(12)10-20(30)28-27-9-14-4-6-19(35-14)15-7-13(23(32)33)3-5-18(15)25/h3-7,9H,10-11H2,1-2H3,(H,28,30)(H,32,33)/b27-9+. The molecule has 1 aromatic carbocycles. The Morgan fingerprint density at radius 3 is 2.77 bits per heavy atom. The maximum Gasteiger partial charge on any atom is 0.335 e. The summed E-state index contributed by atoms with van der Waals surface area (Å²) in [5.41, 5.74) is 2.88. The highest BCUT2D eigenvalue weighted by Crippen LogP contribution is 2.30. The van der Waals surface area contributed by atoms with Gasteiger partial charge in [0.15, 0.2) is 0 Å². The van der Waals surface area contributed by atoms with E-state index >= 15 is 0 Å². The van der Waals surface area contributed by atoms with Crippen molar-refractivity contribution in [2.24, 2.45) is 5.10 Å². The number of nitrogens with zero attached hydrogens (tertiary/aromatic N) is 3. The minimum Gasteiger partial charge on any atom is -0.478 e. The number of hydrogen-bond donors (Lipinski definition) is 2. The molecule has 0 atom stereocenters. The molecule has 1 amide bonds. The molecule has 0 aliphatic rings. The van der Waals surface area contributed by atoms with Gasteiger partial charge in [-0.05, 0) is 53.2 Å². The number of carboxylic acids is 1. The second-order valence-electron chi connectivity index (χ2n) is 7.18. The van der Waals surface area contributed by atoms with E-state index in [9.17, 15) is 19.6 Å². The van der Waals surface area contributed by atoms with Gasteiger partial charge in [-0.1, -0.05) is 11.6 Å². The topological polar surface area (TPSA) is 147 Å². The summed E-state index contributed by atoms with van der Waals surface area (Å²) >= 11 is 9.51. The van der Waals surface area contributed by atoms with E-state index in [-0.39, 0.29) is 30.0 Å². The molecule has 0 saturated heterocycles. The molecule has 0 bridgehead atoms. The van der Waals surface area contributed by atoms with Gasteiger partial charge in [0.05, 0.1) is 23.4 Å². The number of ether oxygens (including phenoxy) is 1. The number of furan rings is 1. The zero-order valence-electron chi connectivity index (χ0n) is 18.5. The first-order valence-electron chi connectivity index (χ1n) is 9.93. The van der Waals surface area contributed by atoms with Crippen molar-refractivity contribution >= 4 is 45.6 Å². The average Bonchev–Trinajstić information content (AvgIpc) is 3.29. The number of carboxylic acid groups (broad SMARTS) is 1. The maximum absolute atomic E-state index is 12.7. The van der Waals surface area contributed by atoms with Crippen LogP contribution in [0.2, 0.25) is 5.02 Å². The molecule has 3 rings (SSSR count). The number of nitrogens with one attached hydrogen (secondary N) is 1. The van der Waals surface area contributed by atoms with Crippen LogP contribution in [-0.4, -0.2) is 34.9 Å². The number of benzene rings is 1. The van der Waals surface area contributed by atoms with Crippen LogP contribution >= 0.6 is 27.5 Å². The summed E-state index contributed by atoms with van der Waals surface area (Å²) in [6.07, 6.45) is 1.24. The van der Waals surface area contributed by atoms with Gasteiger partial charge in [-0.2, -0.15) is 10.4 Å². The summed E-state index contributed by atoms with van der Waals surface area (Å²) in [5, 5.41) is 22.7. The number of carbonyl (C=O) groups is 2. The number of amides is 1. The molecule has 2 N–H and O–H groups in total. The molecule has 2 aromatic heterocycles. The maximum atomic E-state index is 12.7. The van der Waals surface area contributed by atoms with Crippen molar-refractivity contribution < 1.29 is 23.8 Å². The summed E-state index contributed by atoms with van der Waals surface area (Å²) in [6.45, 7) is 1.33. The van der Waals surface area contributed by atoms with Gasteiger partial charge in [0.25, 0.3) is 11.5 Å². The number of hydrogen-bond acceptors (Lipinski definition) is 7. The lowest BCUT2D eigenvalue weighted by atomic mass is 10.1. The summed E-state index contributed by atoms with van der Waals surface area (Å²) in [4.78, 5) is 36.3. The number of rotatable bonds is 8. The van der Waals surface area contributed by atoms with Crippen LogP contribution in [0.1, 0.15) is 32.9 Å². The number of halogens is 2. The molecule has 180 valence electrons.